The zero-order valence-electron chi connectivity index (χ0n) is 18.2. The number of unbranched alkanes of at least 4 members (excludes halogenated alkanes) is 19. The fourth-order valence-corrected chi connectivity index (χ4v) is 3.52. The van der Waals surface area contributed by atoms with Crippen molar-refractivity contribution in [2.24, 2.45) is 0 Å². The first-order chi connectivity index (χ1) is 12.3. The van der Waals surface area contributed by atoms with Crippen LogP contribution in [0.3, 0.4) is 0 Å². The summed E-state index contributed by atoms with van der Waals surface area (Å²) in [6.07, 6.45) is 27.2. The quantitative estimate of drug-likeness (QED) is 0.219. The second-order valence-electron chi connectivity index (χ2n) is 7.84. The average Bonchev–Trinajstić information content (AvgIpc) is 2.60. The average molecular weight is 393 g/mol. The zero-order chi connectivity index (χ0) is 18.4. The molecule has 0 aliphatic heterocycles. The van der Waals surface area contributed by atoms with Crippen molar-refractivity contribution in [3.8, 4) is 0 Å². The fraction of sp³-hybridized carbons (Fsp3) is 0.957. The van der Waals surface area contributed by atoms with E-state index in [0.717, 1.165) is 12.8 Å². The molecular formula is C23H45KO2. The first-order valence-electron chi connectivity index (χ1n) is 11.5. The second-order valence-corrected chi connectivity index (χ2v) is 7.84. The standard InChI is InChI=1S/C23H46O2.K/c1-2-3-4-5-6-7-8-9-10-11-12-13-14-15-16-17-18-19-20-21-22-23(24)25;/h2-22H2,1H3,(H,24,25);/q;+1/p-1. The van der Waals surface area contributed by atoms with Crippen LogP contribution in [0.4, 0.5) is 0 Å². The minimum Gasteiger partial charge on any atom is -0.550 e. The van der Waals surface area contributed by atoms with Gasteiger partial charge in [-0.1, -0.05) is 129 Å². The van der Waals surface area contributed by atoms with Gasteiger partial charge >= 0.3 is 51.4 Å². The van der Waals surface area contributed by atoms with Gasteiger partial charge in [0.2, 0.25) is 0 Å². The zero-order valence-corrected chi connectivity index (χ0v) is 21.3. The minimum atomic E-state index is -0.901. The third-order valence-corrected chi connectivity index (χ3v) is 5.23. The van der Waals surface area contributed by atoms with Crippen molar-refractivity contribution in [1.82, 2.24) is 0 Å². The molecule has 0 radical (unpaired) electrons. The normalized spacial score (nSPS) is 10.7. The summed E-state index contributed by atoms with van der Waals surface area (Å²) in [6, 6.07) is 0. The maximum atomic E-state index is 10.3. The Kier molecular flexibility index (Phi) is 29.4. The molecule has 0 aromatic carbocycles. The molecule has 0 atom stereocenters. The van der Waals surface area contributed by atoms with Crippen LogP contribution < -0.4 is 56.5 Å². The second kappa shape index (κ2) is 26.1. The summed E-state index contributed by atoms with van der Waals surface area (Å²) in [7, 11) is 0. The molecule has 26 heavy (non-hydrogen) atoms. The molecule has 3 heteroatoms. The molecule has 0 saturated carbocycles. The van der Waals surface area contributed by atoms with Crippen LogP contribution in [0.15, 0.2) is 0 Å². The predicted octanol–water partition coefficient (Wildman–Crippen LogP) is 3.95. The summed E-state index contributed by atoms with van der Waals surface area (Å²) < 4.78 is 0. The molecule has 0 aromatic rings. The fourth-order valence-electron chi connectivity index (χ4n) is 3.52. The van der Waals surface area contributed by atoms with E-state index in [0.29, 0.717) is 0 Å². The topological polar surface area (TPSA) is 40.1 Å². The third-order valence-electron chi connectivity index (χ3n) is 5.23. The Labute approximate surface area is 207 Å². The molecule has 0 bridgehead atoms. The van der Waals surface area contributed by atoms with E-state index >= 15 is 0 Å². The smallest absolute Gasteiger partial charge is 0.550 e. The number of carboxylic acids is 1. The minimum absolute atomic E-state index is 0. The number of hydrogen-bond donors (Lipinski definition) is 0. The first-order valence-corrected chi connectivity index (χ1v) is 11.5. The molecule has 2 nitrogen and oxygen atoms in total. The summed E-state index contributed by atoms with van der Waals surface area (Å²) in [5.74, 6) is -0.901. The Morgan fingerprint density at radius 2 is 0.731 bits per heavy atom. The van der Waals surface area contributed by atoms with Crippen LogP contribution in [0.2, 0.25) is 0 Å². The third kappa shape index (κ3) is 27.3. The maximum Gasteiger partial charge on any atom is 1.00 e. The van der Waals surface area contributed by atoms with Gasteiger partial charge in [-0.05, 0) is 12.8 Å². The van der Waals surface area contributed by atoms with Crippen molar-refractivity contribution in [2.45, 2.75) is 142 Å². The molecule has 0 N–H and O–H groups in total. The van der Waals surface area contributed by atoms with Crippen molar-refractivity contribution in [3.05, 3.63) is 0 Å². The van der Waals surface area contributed by atoms with Crippen LogP contribution >= 0.6 is 0 Å². The van der Waals surface area contributed by atoms with E-state index < -0.39 is 5.97 Å². The summed E-state index contributed by atoms with van der Waals surface area (Å²) in [4.78, 5) is 10.3. The van der Waals surface area contributed by atoms with Crippen LogP contribution in [0.1, 0.15) is 142 Å². The van der Waals surface area contributed by atoms with Crippen LogP contribution in [-0.4, -0.2) is 5.97 Å². The number of hydrogen-bond acceptors (Lipinski definition) is 2. The summed E-state index contributed by atoms with van der Waals surface area (Å²) in [5.41, 5.74) is 0. The maximum absolute atomic E-state index is 10.3. The van der Waals surface area contributed by atoms with E-state index in [2.05, 4.69) is 6.92 Å². The molecule has 0 saturated heterocycles. The Morgan fingerprint density at radius 3 is 0.962 bits per heavy atom. The van der Waals surface area contributed by atoms with Gasteiger partial charge in [0.15, 0.2) is 0 Å². The Bertz CT molecular complexity index is 269. The van der Waals surface area contributed by atoms with Gasteiger partial charge in [-0.3, -0.25) is 0 Å². The van der Waals surface area contributed by atoms with Crippen molar-refractivity contribution in [3.63, 3.8) is 0 Å². The molecule has 150 valence electrons. The van der Waals surface area contributed by atoms with E-state index in [1.54, 1.807) is 0 Å². The van der Waals surface area contributed by atoms with E-state index in [4.69, 9.17) is 0 Å². The molecule has 0 amide bonds. The van der Waals surface area contributed by atoms with Crippen molar-refractivity contribution in [1.29, 1.82) is 0 Å². The van der Waals surface area contributed by atoms with Gasteiger partial charge < -0.3 is 9.90 Å². The molecule has 0 unspecified atom stereocenters. The van der Waals surface area contributed by atoms with Gasteiger partial charge in [-0.2, -0.15) is 0 Å². The van der Waals surface area contributed by atoms with E-state index in [-0.39, 0.29) is 57.8 Å². The van der Waals surface area contributed by atoms with Crippen molar-refractivity contribution >= 4 is 5.97 Å². The van der Waals surface area contributed by atoms with Crippen LogP contribution in [-0.2, 0) is 4.79 Å². The van der Waals surface area contributed by atoms with Crippen molar-refractivity contribution in [2.75, 3.05) is 0 Å². The SMILES string of the molecule is CCCCCCCCCCCCCCCCCCCCCCC(=O)[O-].[K+]. The molecule has 0 heterocycles. The van der Waals surface area contributed by atoms with Gasteiger partial charge in [0.1, 0.15) is 0 Å². The van der Waals surface area contributed by atoms with Gasteiger partial charge in [-0.25, -0.2) is 0 Å². The Morgan fingerprint density at radius 1 is 0.500 bits per heavy atom. The molecule has 0 fully saturated rings. The van der Waals surface area contributed by atoms with Gasteiger partial charge in [0, 0.05) is 5.97 Å². The molecule has 0 spiro atoms. The molecule has 0 aromatic heterocycles. The summed E-state index contributed by atoms with van der Waals surface area (Å²) in [5, 5.41) is 10.3. The molecule has 0 aliphatic carbocycles. The van der Waals surface area contributed by atoms with E-state index in [1.165, 1.54) is 116 Å². The number of carbonyl (C=O) groups excluding carboxylic acids is 1. The van der Waals surface area contributed by atoms with Crippen LogP contribution in [0.25, 0.3) is 0 Å². The molecular weight excluding hydrogens is 347 g/mol. The monoisotopic (exact) mass is 392 g/mol. The number of aliphatic carboxylic acids is 1. The predicted molar refractivity (Wildman–Crippen MR) is 108 cm³/mol. The van der Waals surface area contributed by atoms with Crippen molar-refractivity contribution < 1.29 is 61.3 Å². The Balaban J connectivity index is 0. The van der Waals surface area contributed by atoms with Gasteiger partial charge in [0.25, 0.3) is 0 Å². The molecule has 0 aliphatic rings. The molecule has 0 rings (SSSR count). The number of carbonyl (C=O) groups is 1. The van der Waals surface area contributed by atoms with Crippen LogP contribution in [0, 0.1) is 0 Å². The Hall–Kier alpha value is 1.11. The van der Waals surface area contributed by atoms with E-state index in [1.807, 2.05) is 0 Å². The van der Waals surface area contributed by atoms with Crippen LogP contribution in [0.5, 0.6) is 0 Å². The number of rotatable bonds is 21. The summed E-state index contributed by atoms with van der Waals surface area (Å²) >= 11 is 0. The van der Waals surface area contributed by atoms with E-state index in [9.17, 15) is 9.90 Å². The first kappa shape index (κ1) is 29.3. The number of carboxylic acid groups (broad SMARTS) is 1. The van der Waals surface area contributed by atoms with Gasteiger partial charge in [0.05, 0.1) is 0 Å². The largest absolute Gasteiger partial charge is 1.00 e. The van der Waals surface area contributed by atoms with Gasteiger partial charge in [-0.15, -0.1) is 0 Å². The summed E-state index contributed by atoms with van der Waals surface area (Å²) in [6.45, 7) is 2.28.